The quantitative estimate of drug-likeness (QED) is 0.779. The Morgan fingerprint density at radius 1 is 1.29 bits per heavy atom. The van der Waals surface area contributed by atoms with Crippen LogP contribution in [0.4, 0.5) is 0 Å². The number of aryl methyl sites for hydroxylation is 1. The summed E-state index contributed by atoms with van der Waals surface area (Å²) in [6, 6.07) is 0.553. The van der Waals surface area contributed by atoms with E-state index in [-0.39, 0.29) is 0 Å². The van der Waals surface area contributed by atoms with Crippen LogP contribution < -0.4 is 10.1 Å². The van der Waals surface area contributed by atoms with Crippen LogP contribution in [0, 0.1) is 12.8 Å². The first-order chi connectivity index (χ1) is 10.2. The van der Waals surface area contributed by atoms with E-state index in [2.05, 4.69) is 29.1 Å². The molecule has 2 rings (SSSR count). The average Bonchev–Trinajstić information content (AvgIpc) is 2.50. The summed E-state index contributed by atoms with van der Waals surface area (Å²) in [5, 5.41) is 3.39. The summed E-state index contributed by atoms with van der Waals surface area (Å²) in [7, 11) is 0. The molecule has 1 aromatic heterocycles. The van der Waals surface area contributed by atoms with Gasteiger partial charge in [-0.1, -0.05) is 20.3 Å². The normalized spacial score (nSPS) is 22.2. The minimum Gasteiger partial charge on any atom is -0.460 e. The monoisotopic (exact) mass is 291 g/mol. The Balaban J connectivity index is 1.95. The zero-order valence-electron chi connectivity index (χ0n) is 13.7. The molecule has 0 amide bonds. The van der Waals surface area contributed by atoms with Crippen molar-refractivity contribution in [2.24, 2.45) is 5.92 Å². The maximum absolute atomic E-state index is 6.08. The molecule has 2 unspecified atom stereocenters. The van der Waals surface area contributed by atoms with Crippen molar-refractivity contribution in [3.05, 3.63) is 17.5 Å². The third-order valence-corrected chi connectivity index (χ3v) is 4.42. The van der Waals surface area contributed by atoms with E-state index in [4.69, 9.17) is 4.74 Å². The zero-order valence-corrected chi connectivity index (χ0v) is 13.7. The maximum Gasteiger partial charge on any atom is 0.316 e. The van der Waals surface area contributed by atoms with Crippen LogP contribution in [0.1, 0.15) is 63.6 Å². The van der Waals surface area contributed by atoms with Gasteiger partial charge >= 0.3 is 6.01 Å². The van der Waals surface area contributed by atoms with Gasteiger partial charge < -0.3 is 10.1 Å². The van der Waals surface area contributed by atoms with Crippen molar-refractivity contribution in [3.8, 4) is 6.01 Å². The van der Waals surface area contributed by atoms with Crippen LogP contribution in [0.25, 0.3) is 0 Å². The van der Waals surface area contributed by atoms with E-state index in [1.807, 2.05) is 13.1 Å². The summed E-state index contributed by atoms with van der Waals surface area (Å²) in [6.07, 6.45) is 9.54. The van der Waals surface area contributed by atoms with Gasteiger partial charge in [-0.2, -0.15) is 0 Å². The predicted molar refractivity (Wildman–Crippen MR) is 85.4 cm³/mol. The molecule has 1 heterocycles. The fourth-order valence-corrected chi connectivity index (χ4v) is 3.03. The number of rotatable bonds is 7. The van der Waals surface area contributed by atoms with Crippen molar-refractivity contribution in [3.63, 3.8) is 0 Å². The Hall–Kier alpha value is -1.16. The average molecular weight is 291 g/mol. The minimum atomic E-state index is 0.298. The molecule has 0 spiro atoms. The summed E-state index contributed by atoms with van der Waals surface area (Å²) < 4.78 is 6.08. The van der Waals surface area contributed by atoms with Crippen molar-refractivity contribution in [1.29, 1.82) is 0 Å². The fraction of sp³-hybridized carbons (Fsp3) is 0.765. The van der Waals surface area contributed by atoms with E-state index in [1.165, 1.54) is 25.7 Å². The lowest BCUT2D eigenvalue weighted by molar-refractivity contribution is 0.0806. The summed E-state index contributed by atoms with van der Waals surface area (Å²) in [5.41, 5.74) is 2.18. The van der Waals surface area contributed by atoms with E-state index in [0.717, 1.165) is 37.2 Å². The van der Waals surface area contributed by atoms with Crippen molar-refractivity contribution < 1.29 is 4.74 Å². The van der Waals surface area contributed by atoms with Gasteiger partial charge in [-0.3, -0.25) is 0 Å². The van der Waals surface area contributed by atoms with Crippen molar-refractivity contribution in [2.45, 2.75) is 71.9 Å². The number of hydrogen-bond acceptors (Lipinski definition) is 4. The van der Waals surface area contributed by atoms with Gasteiger partial charge in [-0.05, 0) is 51.5 Å². The second kappa shape index (κ2) is 8.32. The van der Waals surface area contributed by atoms with Gasteiger partial charge in [-0.25, -0.2) is 9.97 Å². The molecular weight excluding hydrogens is 262 g/mol. The first kappa shape index (κ1) is 16.2. The molecule has 0 radical (unpaired) electrons. The van der Waals surface area contributed by atoms with E-state index in [0.29, 0.717) is 18.0 Å². The molecule has 4 nitrogen and oxygen atoms in total. The van der Waals surface area contributed by atoms with Crippen LogP contribution >= 0.6 is 0 Å². The Morgan fingerprint density at radius 3 is 2.81 bits per heavy atom. The zero-order chi connectivity index (χ0) is 15.1. The van der Waals surface area contributed by atoms with Gasteiger partial charge in [0.15, 0.2) is 0 Å². The molecule has 4 heteroatoms. The highest BCUT2D eigenvalue weighted by atomic mass is 16.5. The third kappa shape index (κ3) is 4.67. The number of nitrogens with zero attached hydrogens (tertiary/aromatic N) is 2. The molecule has 1 fully saturated rings. The molecule has 0 aliphatic heterocycles. The molecule has 1 aliphatic carbocycles. The lowest BCUT2D eigenvalue weighted by Crippen LogP contribution is -2.30. The Kier molecular flexibility index (Phi) is 6.43. The predicted octanol–water partition coefficient (Wildman–Crippen LogP) is 3.63. The molecule has 1 saturated carbocycles. The molecule has 1 aromatic rings. The van der Waals surface area contributed by atoms with Gasteiger partial charge in [0, 0.05) is 24.0 Å². The number of nitrogens with one attached hydrogen (secondary N) is 1. The molecule has 0 saturated heterocycles. The first-order valence-electron chi connectivity index (χ1n) is 8.44. The smallest absolute Gasteiger partial charge is 0.316 e. The summed E-state index contributed by atoms with van der Waals surface area (Å²) in [5.74, 6) is 0.661. The number of hydrogen-bond donors (Lipinski definition) is 1. The highest BCUT2D eigenvalue weighted by Crippen LogP contribution is 2.29. The van der Waals surface area contributed by atoms with Gasteiger partial charge in [-0.15, -0.1) is 0 Å². The van der Waals surface area contributed by atoms with Gasteiger partial charge in [0.25, 0.3) is 0 Å². The van der Waals surface area contributed by atoms with Gasteiger partial charge in [0.2, 0.25) is 0 Å². The minimum absolute atomic E-state index is 0.298. The van der Waals surface area contributed by atoms with Crippen LogP contribution in [0.5, 0.6) is 6.01 Å². The van der Waals surface area contributed by atoms with Crippen molar-refractivity contribution >= 4 is 0 Å². The molecular formula is C17H29N3O. The second-order valence-electron chi connectivity index (χ2n) is 6.05. The summed E-state index contributed by atoms with van der Waals surface area (Å²) >= 11 is 0. The van der Waals surface area contributed by atoms with Crippen molar-refractivity contribution in [2.75, 3.05) is 6.54 Å². The third-order valence-electron chi connectivity index (χ3n) is 4.42. The summed E-state index contributed by atoms with van der Waals surface area (Å²) in [4.78, 5) is 8.95. The van der Waals surface area contributed by atoms with Crippen LogP contribution in [0.15, 0.2) is 6.20 Å². The Labute approximate surface area is 128 Å². The van der Waals surface area contributed by atoms with E-state index in [1.54, 1.807) is 0 Å². The molecule has 118 valence electrons. The van der Waals surface area contributed by atoms with E-state index in [9.17, 15) is 0 Å². The maximum atomic E-state index is 6.08. The van der Waals surface area contributed by atoms with E-state index >= 15 is 0 Å². The van der Waals surface area contributed by atoms with Crippen LogP contribution in [-0.2, 0) is 6.54 Å². The molecule has 1 aliphatic rings. The lowest BCUT2D eigenvalue weighted by atomic mass is 9.85. The fourth-order valence-electron chi connectivity index (χ4n) is 3.03. The van der Waals surface area contributed by atoms with Gasteiger partial charge in [0.05, 0.1) is 0 Å². The van der Waals surface area contributed by atoms with Crippen LogP contribution in [0.3, 0.4) is 0 Å². The SMILES string of the molecule is CCCNCc1cnc(OC2CCCCC2CC)nc1C. The van der Waals surface area contributed by atoms with E-state index < -0.39 is 0 Å². The number of ether oxygens (including phenoxy) is 1. The molecule has 1 N–H and O–H groups in total. The standard InChI is InChI=1S/C17H29N3O/c1-4-10-18-11-15-12-19-17(20-13(15)3)21-16-9-7-6-8-14(16)5-2/h12,14,16,18H,4-11H2,1-3H3. The second-order valence-corrected chi connectivity index (χ2v) is 6.05. The molecule has 0 aromatic carbocycles. The van der Waals surface area contributed by atoms with Crippen LogP contribution in [-0.4, -0.2) is 22.6 Å². The molecule has 0 bridgehead atoms. The van der Waals surface area contributed by atoms with Gasteiger partial charge in [0.1, 0.15) is 6.10 Å². The highest BCUT2D eigenvalue weighted by Gasteiger charge is 2.26. The Bertz CT molecular complexity index is 436. The largest absolute Gasteiger partial charge is 0.460 e. The summed E-state index contributed by atoms with van der Waals surface area (Å²) in [6.45, 7) is 8.32. The number of aromatic nitrogens is 2. The van der Waals surface area contributed by atoms with Crippen molar-refractivity contribution in [1.82, 2.24) is 15.3 Å². The van der Waals surface area contributed by atoms with Crippen LogP contribution in [0.2, 0.25) is 0 Å². The highest BCUT2D eigenvalue weighted by molar-refractivity contribution is 5.17. The first-order valence-corrected chi connectivity index (χ1v) is 8.44. The molecule has 2 atom stereocenters. The topological polar surface area (TPSA) is 47.0 Å². The molecule has 21 heavy (non-hydrogen) atoms. The lowest BCUT2D eigenvalue weighted by Gasteiger charge is -2.30. The Morgan fingerprint density at radius 2 is 2.10 bits per heavy atom.